The highest BCUT2D eigenvalue weighted by molar-refractivity contribution is 5.96. The second-order valence-electron chi connectivity index (χ2n) is 14.6. The fourth-order valence-corrected chi connectivity index (χ4v) is 9.07. The third kappa shape index (κ3) is 6.82. The van der Waals surface area contributed by atoms with Gasteiger partial charge in [-0.15, -0.1) is 0 Å². The lowest BCUT2D eigenvalue weighted by Gasteiger charge is -2.34. The molecule has 0 heterocycles. The van der Waals surface area contributed by atoms with E-state index in [1.54, 1.807) is 34.5 Å². The molecule has 5 aromatic rings. The van der Waals surface area contributed by atoms with Gasteiger partial charge in [0.15, 0.2) is 0 Å². The number of carboxylic acid groups (broad SMARTS) is 1. The van der Waals surface area contributed by atoms with Crippen LogP contribution in [0.25, 0.3) is 28.3 Å². The van der Waals surface area contributed by atoms with Crippen molar-refractivity contribution in [3.8, 4) is 28.3 Å². The summed E-state index contributed by atoms with van der Waals surface area (Å²) in [6.07, 6.45) is 4.58. The number of fused-ring (bicyclic) bond motifs is 6. The molecule has 56 heavy (non-hydrogen) atoms. The van der Waals surface area contributed by atoms with Gasteiger partial charge in [-0.2, -0.15) is 5.26 Å². The number of carboxylic acids is 1. The van der Waals surface area contributed by atoms with Crippen molar-refractivity contribution in [1.82, 2.24) is 0 Å². The van der Waals surface area contributed by atoms with Gasteiger partial charge < -0.3 is 29.0 Å². The third-order valence-corrected chi connectivity index (χ3v) is 11.8. The first-order chi connectivity index (χ1) is 27.3. The molecular formula is C48H48N2O6. The van der Waals surface area contributed by atoms with Gasteiger partial charge in [0, 0.05) is 82.8 Å². The number of benzene rings is 5. The molecule has 0 radical (unpaired) electrons. The molecule has 0 aromatic heterocycles. The molecule has 0 amide bonds. The normalized spacial score (nSPS) is 14.4. The van der Waals surface area contributed by atoms with Gasteiger partial charge in [0.25, 0.3) is 0 Å². The minimum Gasteiger partial charge on any atom is -0.477 e. The summed E-state index contributed by atoms with van der Waals surface area (Å²) in [7, 11) is 7.02. The molecule has 0 atom stereocenters. The average molecular weight is 749 g/mol. The van der Waals surface area contributed by atoms with E-state index in [9.17, 15) is 15.2 Å². The van der Waals surface area contributed by atoms with Crippen molar-refractivity contribution in [1.29, 1.82) is 5.26 Å². The second-order valence-corrected chi connectivity index (χ2v) is 14.6. The maximum Gasteiger partial charge on any atom is 0.346 e. The Morgan fingerprint density at radius 1 is 0.589 bits per heavy atom. The van der Waals surface area contributed by atoms with Crippen LogP contribution in [0.15, 0.2) is 115 Å². The Hall–Kier alpha value is -5.56. The van der Waals surface area contributed by atoms with E-state index in [1.807, 2.05) is 24.3 Å². The van der Waals surface area contributed by atoms with Gasteiger partial charge >= 0.3 is 5.97 Å². The average Bonchev–Trinajstić information content (AvgIpc) is 3.66. The predicted octanol–water partition coefficient (Wildman–Crippen LogP) is 9.83. The van der Waals surface area contributed by atoms with Gasteiger partial charge in [0.05, 0.1) is 0 Å². The Bertz CT molecular complexity index is 2150. The van der Waals surface area contributed by atoms with Gasteiger partial charge in [-0.05, 0) is 118 Å². The maximum absolute atomic E-state index is 11.7. The number of rotatable bonds is 17. The zero-order chi connectivity index (χ0) is 39.3. The van der Waals surface area contributed by atoms with Crippen LogP contribution in [0, 0.1) is 11.3 Å². The van der Waals surface area contributed by atoms with Crippen LogP contribution in [0.5, 0.6) is 0 Å². The fourth-order valence-electron chi connectivity index (χ4n) is 9.07. The molecule has 286 valence electrons. The maximum atomic E-state index is 11.7. The number of nitrogens with zero attached hydrogens (tertiary/aromatic N) is 2. The first kappa shape index (κ1) is 38.7. The zero-order valence-corrected chi connectivity index (χ0v) is 32.5. The highest BCUT2D eigenvalue weighted by Gasteiger charge is 2.44. The van der Waals surface area contributed by atoms with Crippen LogP contribution in [0.4, 0.5) is 17.1 Å². The predicted molar refractivity (Wildman–Crippen MR) is 221 cm³/mol. The van der Waals surface area contributed by atoms with Crippen molar-refractivity contribution in [3.63, 3.8) is 0 Å². The van der Waals surface area contributed by atoms with Crippen molar-refractivity contribution in [2.75, 3.05) is 59.8 Å². The topological polar surface area (TPSA) is 101 Å². The smallest absolute Gasteiger partial charge is 0.346 e. The Balaban J connectivity index is 1.44. The number of anilines is 3. The number of methoxy groups -OCH3 is 4. The molecule has 2 aliphatic rings. The quantitative estimate of drug-likeness (QED) is 0.0741. The van der Waals surface area contributed by atoms with Gasteiger partial charge in [0.1, 0.15) is 11.6 Å². The van der Waals surface area contributed by atoms with Crippen molar-refractivity contribution in [2.24, 2.45) is 0 Å². The van der Waals surface area contributed by atoms with Gasteiger partial charge in [-0.3, -0.25) is 0 Å². The molecule has 1 N–H and O–H groups in total. The van der Waals surface area contributed by atoms with E-state index in [1.165, 1.54) is 50.6 Å². The van der Waals surface area contributed by atoms with Crippen LogP contribution in [-0.2, 0) is 34.6 Å². The van der Waals surface area contributed by atoms with Crippen LogP contribution in [-0.4, -0.2) is 65.9 Å². The number of hydrogen-bond donors (Lipinski definition) is 1. The third-order valence-electron chi connectivity index (χ3n) is 11.8. The molecule has 2 aliphatic carbocycles. The summed E-state index contributed by atoms with van der Waals surface area (Å²) < 4.78 is 22.9. The summed E-state index contributed by atoms with van der Waals surface area (Å²) in [5.74, 6) is -1.26. The minimum atomic E-state index is -1.26. The number of carbonyl (C=O) groups is 1. The molecule has 8 nitrogen and oxygen atoms in total. The number of ether oxygens (including phenoxy) is 4. The molecule has 0 saturated carbocycles. The van der Waals surface area contributed by atoms with Crippen molar-refractivity contribution in [3.05, 3.63) is 143 Å². The molecule has 8 heteroatoms. The first-order valence-corrected chi connectivity index (χ1v) is 19.1. The summed E-state index contributed by atoms with van der Waals surface area (Å²) in [5, 5.41) is 19.0. The van der Waals surface area contributed by atoms with Crippen molar-refractivity contribution in [2.45, 2.75) is 36.5 Å². The molecule has 0 unspecified atom stereocenters. The van der Waals surface area contributed by atoms with E-state index in [0.29, 0.717) is 32.0 Å². The van der Waals surface area contributed by atoms with E-state index >= 15 is 0 Å². The first-order valence-electron chi connectivity index (χ1n) is 19.1. The van der Waals surface area contributed by atoms with Crippen LogP contribution < -0.4 is 4.90 Å². The van der Waals surface area contributed by atoms with Crippen LogP contribution >= 0.6 is 0 Å². The van der Waals surface area contributed by atoms with Gasteiger partial charge in [0.2, 0.25) is 0 Å². The SMILES string of the molecule is COCCC1(CCOC)c2ccccc2-c2ccc(N(c3ccc(C=C(C#N)C(=O)O)cc3)c3ccc4c(c3)C(CCOC)(CCOC)c3ccccc3-4)cc21. The largest absolute Gasteiger partial charge is 0.477 e. The summed E-state index contributed by atoms with van der Waals surface area (Å²) >= 11 is 0. The lowest BCUT2D eigenvalue weighted by molar-refractivity contribution is -0.132. The van der Waals surface area contributed by atoms with Gasteiger partial charge in [-0.1, -0.05) is 72.8 Å². The molecule has 0 spiro atoms. The molecule has 5 aromatic carbocycles. The monoisotopic (exact) mass is 748 g/mol. The Kier molecular flexibility index (Phi) is 11.5. The molecule has 0 aliphatic heterocycles. The van der Waals surface area contributed by atoms with Crippen molar-refractivity contribution >= 4 is 29.1 Å². The zero-order valence-electron chi connectivity index (χ0n) is 32.5. The van der Waals surface area contributed by atoms with E-state index in [4.69, 9.17) is 18.9 Å². The summed E-state index contributed by atoms with van der Waals surface area (Å²) in [6, 6.07) is 40.4. The minimum absolute atomic E-state index is 0.321. The molecule has 0 saturated heterocycles. The number of hydrogen-bond acceptors (Lipinski definition) is 7. The van der Waals surface area contributed by atoms with Crippen LogP contribution in [0.1, 0.15) is 53.5 Å². The van der Waals surface area contributed by atoms with Crippen LogP contribution in [0.3, 0.4) is 0 Å². The summed E-state index contributed by atoms with van der Waals surface area (Å²) in [6.45, 7) is 2.38. The van der Waals surface area contributed by atoms with E-state index in [-0.39, 0.29) is 16.4 Å². The molecule has 0 bridgehead atoms. The molecular weight excluding hydrogens is 701 g/mol. The van der Waals surface area contributed by atoms with Gasteiger partial charge in [-0.25, -0.2) is 4.79 Å². The number of nitriles is 1. The Morgan fingerprint density at radius 3 is 1.38 bits per heavy atom. The lowest BCUT2D eigenvalue weighted by atomic mass is 9.73. The molecule has 7 rings (SSSR count). The van der Waals surface area contributed by atoms with E-state index in [2.05, 4.69) is 89.8 Å². The second kappa shape index (κ2) is 16.7. The van der Waals surface area contributed by atoms with E-state index < -0.39 is 5.97 Å². The number of aliphatic carboxylic acids is 1. The fraction of sp³-hybridized carbons (Fsp3) is 0.292. The Morgan fingerprint density at radius 2 is 0.982 bits per heavy atom. The lowest BCUT2D eigenvalue weighted by Crippen LogP contribution is -2.29. The summed E-state index contributed by atoms with van der Waals surface area (Å²) in [4.78, 5) is 13.9. The Labute approximate surface area is 329 Å². The summed E-state index contributed by atoms with van der Waals surface area (Å²) in [5.41, 5.74) is 12.4. The standard InChI is InChI=1S/C48H48N2O6/c1-53-25-21-47(22-26-54-2)42-11-7-5-9-38(42)40-19-17-36(30-44(40)47)50(35-15-13-33(14-16-35)29-34(32-49)46(51)52)37-18-20-41-39-10-6-8-12-43(39)48(23-27-55-3,24-28-56-4)45(41)31-37/h5-20,29-31H,21-28H2,1-4H3,(H,51,52). The highest BCUT2D eigenvalue weighted by atomic mass is 16.5. The van der Waals surface area contributed by atoms with Crippen molar-refractivity contribution < 1.29 is 28.8 Å². The molecule has 0 fully saturated rings. The van der Waals surface area contributed by atoms with Crippen LogP contribution in [0.2, 0.25) is 0 Å². The highest BCUT2D eigenvalue weighted by Crippen LogP contribution is 2.56. The van der Waals surface area contributed by atoms with E-state index in [0.717, 1.165) is 42.7 Å².